The molecule has 12 rings (SSSR count). The molecule has 12 unspecified atom stereocenters. The van der Waals surface area contributed by atoms with Crippen molar-refractivity contribution in [3.8, 4) is 0 Å². The molecule has 118 heavy (non-hydrogen) atoms. The molecule has 5 aliphatic heterocycles. The van der Waals surface area contributed by atoms with Crippen molar-refractivity contribution in [3.05, 3.63) is 246 Å². The van der Waals surface area contributed by atoms with Crippen molar-refractivity contribution in [1.82, 2.24) is 4.72 Å². The number of aliphatic hydroxyl groups is 1. The minimum Gasteiger partial charge on any atom is -0.424 e. The first-order valence-electron chi connectivity index (χ1n) is 41.8. The topological polar surface area (TPSA) is 250 Å². The average molecular weight is 1680 g/mol. The number of ether oxygens (including phenoxy) is 16. The third kappa shape index (κ3) is 22.1. The number of fused-ring (bicyclic) bond motifs is 1. The van der Waals surface area contributed by atoms with E-state index in [-0.39, 0.29) is 97.6 Å². The van der Waals surface area contributed by atoms with Crippen molar-refractivity contribution in [1.29, 1.82) is 0 Å². The Labute approximate surface area is 699 Å². The summed E-state index contributed by atoms with van der Waals surface area (Å²) >= 11 is 0. The summed E-state index contributed by atoms with van der Waals surface area (Å²) in [6, 6.07) is 64.3. The van der Waals surface area contributed by atoms with Gasteiger partial charge in [0.1, 0.15) is 73.2 Å². The van der Waals surface area contributed by atoms with Crippen LogP contribution in [0.1, 0.15) is 123 Å². The molecule has 20 atom stereocenters. The van der Waals surface area contributed by atoms with Crippen LogP contribution in [0.3, 0.4) is 0 Å². The van der Waals surface area contributed by atoms with E-state index in [0.717, 1.165) is 33.4 Å². The molecule has 0 radical (unpaired) electrons. The van der Waals surface area contributed by atoms with Crippen LogP contribution in [-0.2, 0) is 134 Å². The zero-order chi connectivity index (χ0) is 83.7. The predicted molar refractivity (Wildman–Crippen MR) is 449 cm³/mol. The van der Waals surface area contributed by atoms with Crippen LogP contribution < -0.4 is 4.72 Å². The van der Waals surface area contributed by atoms with E-state index in [0.29, 0.717) is 0 Å². The van der Waals surface area contributed by atoms with Crippen LogP contribution in [0.2, 0.25) is 33.2 Å². The molecular formula is C92H123NO22SSi2. The number of methoxy groups -OCH3 is 1. The number of rotatable bonds is 41. The van der Waals surface area contributed by atoms with E-state index in [1.54, 1.807) is 18.2 Å². The van der Waals surface area contributed by atoms with Crippen LogP contribution in [0.4, 0.5) is 4.79 Å². The number of aliphatic hydroxyl groups excluding tert-OH is 1. The number of carbonyl (C=O) groups is 1. The Balaban J connectivity index is 1.03. The maximum atomic E-state index is 15.9. The van der Waals surface area contributed by atoms with Crippen molar-refractivity contribution in [3.63, 3.8) is 0 Å². The lowest BCUT2D eigenvalue weighted by Crippen LogP contribution is -2.70. The Morgan fingerprint density at radius 3 is 1.16 bits per heavy atom. The summed E-state index contributed by atoms with van der Waals surface area (Å²) in [6.07, 6.45) is -25.7. The third-order valence-corrected chi connectivity index (χ3v) is 37.4. The Hall–Kier alpha value is -6.53. The summed E-state index contributed by atoms with van der Waals surface area (Å²) in [5.74, 6) is 0. The maximum Gasteiger partial charge on any atom is 0.509 e. The number of hydrogen-bond donors (Lipinski definition) is 2. The molecule has 2 N–H and O–H groups in total. The fourth-order valence-corrected chi connectivity index (χ4v) is 30.3. The van der Waals surface area contributed by atoms with E-state index in [1.165, 1.54) is 19.2 Å². The molecule has 0 aliphatic carbocycles. The predicted octanol–water partition coefficient (Wildman–Crippen LogP) is 15.8. The number of nitrogens with one attached hydrogen (secondary N) is 1. The van der Waals surface area contributed by atoms with Gasteiger partial charge in [-0.15, -0.1) is 0 Å². The number of carbonyl (C=O) groups excluding carboxylic acids is 1. The molecule has 642 valence electrons. The summed E-state index contributed by atoms with van der Waals surface area (Å²) in [5, 5.41) is 14.1. The lowest BCUT2D eigenvalue weighted by Gasteiger charge is -2.52. The second kappa shape index (κ2) is 42.5. The van der Waals surface area contributed by atoms with Crippen molar-refractivity contribution in [2.45, 2.75) is 291 Å². The smallest absolute Gasteiger partial charge is 0.424 e. The quantitative estimate of drug-likeness (QED) is 0.0267. The van der Waals surface area contributed by atoms with Crippen molar-refractivity contribution in [2.24, 2.45) is 0 Å². The van der Waals surface area contributed by atoms with Crippen LogP contribution in [0.25, 0.3) is 0 Å². The minimum atomic E-state index is -4.72. The van der Waals surface area contributed by atoms with Gasteiger partial charge < -0.3 is 89.7 Å². The molecule has 0 bridgehead atoms. The fourth-order valence-electron chi connectivity index (χ4n) is 18.1. The molecule has 5 aliphatic rings. The maximum absolute atomic E-state index is 15.9. The molecule has 0 aromatic heterocycles. The van der Waals surface area contributed by atoms with Gasteiger partial charge in [-0.1, -0.05) is 283 Å². The molecule has 0 spiro atoms. The standard InChI is InChI=1S/C92H123NO22SSi2/c1-59(2)117(60(3)4,61(5)6)105-57-73-77(94)81(76(93-116(96,97)72-48-34-21-35-49-72)88(108-73)112-83-79(101-52-68-40-26-17-27-41-68)74(56-99-50-66-36-22-15-23-37-66)109-89(98-14)86(83)104-55-71-46-32-20-33-47-71)111-91-87(84-80(114-92(95)115-84)75(110-91)58-106-118(62(7)8,63(9)10)64(11)12)113-90-85(103-54-70-44-30-19-31-45-70)82(102-53-69-42-28-18-29-43-69)78(65(13)107-90)100-51-67-38-24-16-25-39-67/h15-49,59-65,73-91,93-94H,50-58H2,1-14H3/t65?,73?,74?,75?,76?,77-,78+,79-,80-,81?,82?,83?,84?,85?,86?,87?,88-,89-,90-,91-/m0/s1. The molecule has 26 heteroatoms. The third-order valence-electron chi connectivity index (χ3n) is 23.7. The van der Waals surface area contributed by atoms with Gasteiger partial charge in [0.25, 0.3) is 0 Å². The Morgan fingerprint density at radius 2 is 0.720 bits per heavy atom. The van der Waals surface area contributed by atoms with Gasteiger partial charge in [0, 0.05) is 7.11 Å². The Kier molecular flexibility index (Phi) is 32.7. The highest BCUT2D eigenvalue weighted by atomic mass is 32.2. The number of sulfonamides is 1. The zero-order valence-electron chi connectivity index (χ0n) is 70.5. The van der Waals surface area contributed by atoms with Gasteiger partial charge in [-0.3, -0.25) is 0 Å². The molecule has 5 heterocycles. The first kappa shape index (κ1) is 90.7. The van der Waals surface area contributed by atoms with E-state index in [2.05, 4.69) is 87.8 Å². The molecule has 5 fully saturated rings. The van der Waals surface area contributed by atoms with Gasteiger partial charge >= 0.3 is 6.16 Å². The summed E-state index contributed by atoms with van der Waals surface area (Å²) in [7, 11) is -8.89. The Bertz CT molecular complexity index is 4190. The number of hydrogen-bond acceptors (Lipinski definition) is 22. The SMILES string of the molecule is CO[C@H]1OC(COCc2ccccc2)[C@H](OCc2ccccc2)C(O[C@@H]2OC(CO[Si](C(C)C)(C(C)C)C(C)C)[C@H](O)C(O[C@@H]3OC(CO[Si](C(C)C)(C(C)C)C(C)C)[C@@H]4OC(=O)OC4C3O[C@@H]3OC(C)[C@@H](OCc4ccccc4)C(OCc4ccccc4)C3OCc3ccccc3)C2NS(=O)(=O)c2ccccc2)C1OCc1ccccc1. The molecule has 0 amide bonds. The van der Waals surface area contributed by atoms with Crippen LogP contribution in [0, 0.1) is 0 Å². The first-order chi connectivity index (χ1) is 56.9. The monoisotopic (exact) mass is 1680 g/mol. The highest BCUT2D eigenvalue weighted by molar-refractivity contribution is 7.89. The van der Waals surface area contributed by atoms with E-state index in [1.807, 2.05) is 189 Å². The molecule has 23 nitrogen and oxygen atoms in total. The highest BCUT2D eigenvalue weighted by Crippen LogP contribution is 2.47. The van der Waals surface area contributed by atoms with Crippen LogP contribution >= 0.6 is 0 Å². The summed E-state index contributed by atoms with van der Waals surface area (Å²) in [6.45, 7) is 28.1. The Morgan fingerprint density at radius 1 is 0.373 bits per heavy atom. The summed E-state index contributed by atoms with van der Waals surface area (Å²) < 4.78 is 163. The van der Waals surface area contributed by atoms with Gasteiger partial charge in [0.15, 0.2) is 60.1 Å². The lowest BCUT2D eigenvalue weighted by molar-refractivity contribution is -0.386. The average Bonchev–Trinajstić information content (AvgIpc) is 1.41. The number of benzene rings is 7. The second-order valence-corrected chi connectivity index (χ2v) is 45.9. The normalized spacial score (nSPS) is 28.4. The van der Waals surface area contributed by atoms with Crippen LogP contribution in [0.5, 0.6) is 0 Å². The zero-order valence-corrected chi connectivity index (χ0v) is 73.3. The minimum absolute atomic E-state index is 0.0255. The highest BCUT2D eigenvalue weighted by Gasteiger charge is 2.62. The van der Waals surface area contributed by atoms with Gasteiger partial charge in [-0.25, -0.2) is 17.9 Å². The van der Waals surface area contributed by atoms with Crippen molar-refractivity contribution in [2.75, 3.05) is 26.9 Å². The van der Waals surface area contributed by atoms with E-state index in [4.69, 9.17) is 84.6 Å². The van der Waals surface area contributed by atoms with Gasteiger partial charge in [0.2, 0.25) is 10.0 Å². The van der Waals surface area contributed by atoms with Gasteiger partial charge in [-0.05, 0) is 85.7 Å². The second-order valence-electron chi connectivity index (χ2n) is 33.3. The van der Waals surface area contributed by atoms with Gasteiger partial charge in [0.05, 0.1) is 70.5 Å². The van der Waals surface area contributed by atoms with Crippen LogP contribution in [0.15, 0.2) is 217 Å². The fraction of sp³-hybridized carbons (Fsp3) is 0.533. The molecular weight excluding hydrogens is 1560 g/mol. The summed E-state index contributed by atoms with van der Waals surface area (Å²) in [5.41, 5.74) is 5.61. The lowest BCUT2D eigenvalue weighted by atomic mass is 9.94. The first-order valence-corrected chi connectivity index (χ1v) is 47.6. The largest absolute Gasteiger partial charge is 0.509 e. The van der Waals surface area contributed by atoms with E-state index < -0.39 is 156 Å². The molecule has 7 aromatic rings. The van der Waals surface area contributed by atoms with E-state index in [9.17, 15) is 9.90 Å². The molecule has 7 aromatic carbocycles. The van der Waals surface area contributed by atoms with Crippen molar-refractivity contribution >= 4 is 32.8 Å². The molecule has 5 saturated heterocycles. The van der Waals surface area contributed by atoms with E-state index >= 15 is 8.42 Å². The summed E-state index contributed by atoms with van der Waals surface area (Å²) in [4.78, 5) is 14.3. The molecule has 0 saturated carbocycles. The van der Waals surface area contributed by atoms with Crippen molar-refractivity contribution < 1.29 is 103 Å². The van der Waals surface area contributed by atoms with Gasteiger partial charge in [-0.2, -0.15) is 0 Å². The van der Waals surface area contributed by atoms with Crippen LogP contribution in [-0.4, -0.2) is 186 Å².